The summed E-state index contributed by atoms with van der Waals surface area (Å²) in [6.07, 6.45) is 5.04. The van der Waals surface area contributed by atoms with Crippen molar-refractivity contribution in [3.05, 3.63) is 47.4 Å². The summed E-state index contributed by atoms with van der Waals surface area (Å²) in [6, 6.07) is 9.53. The third-order valence-electron chi connectivity index (χ3n) is 7.11. The van der Waals surface area contributed by atoms with E-state index in [0.717, 1.165) is 36.8 Å². The topological polar surface area (TPSA) is 51.9 Å². The molecule has 156 valence electrons. The number of nitrogens with zero attached hydrogens (tertiary/aromatic N) is 1. The van der Waals surface area contributed by atoms with E-state index in [2.05, 4.69) is 18.0 Å². The zero-order valence-electron chi connectivity index (χ0n) is 17.9. The number of fused-ring (bicyclic) bond motifs is 3. The lowest BCUT2D eigenvalue weighted by molar-refractivity contribution is -0.0391. The lowest BCUT2D eigenvalue weighted by atomic mass is 9.63. The van der Waals surface area contributed by atoms with E-state index >= 15 is 0 Å². The summed E-state index contributed by atoms with van der Waals surface area (Å²) in [6.45, 7) is 3.06. The summed E-state index contributed by atoms with van der Waals surface area (Å²) in [5, 5.41) is 0. The van der Waals surface area contributed by atoms with Gasteiger partial charge in [-0.05, 0) is 69.8 Å². The number of aryl methyl sites for hydroxylation is 1. The predicted molar refractivity (Wildman–Crippen MR) is 112 cm³/mol. The first-order valence-electron chi connectivity index (χ1n) is 10.5. The Labute approximate surface area is 173 Å². The Hall–Kier alpha value is -2.27. The number of Topliss-reactive ketones (excluding diaryl/α,β-unsaturated/α-hetero) is 1. The van der Waals surface area contributed by atoms with Crippen LogP contribution < -0.4 is 9.47 Å². The van der Waals surface area contributed by atoms with Gasteiger partial charge in [-0.2, -0.15) is 0 Å². The van der Waals surface area contributed by atoms with E-state index in [0.29, 0.717) is 23.5 Å². The zero-order valence-corrected chi connectivity index (χ0v) is 17.9. The number of piperidine rings is 2. The van der Waals surface area contributed by atoms with Crippen molar-refractivity contribution in [2.75, 3.05) is 27.8 Å². The van der Waals surface area contributed by atoms with Crippen LogP contribution in [0.3, 0.4) is 0 Å². The van der Waals surface area contributed by atoms with Crippen LogP contribution >= 0.6 is 0 Å². The number of rotatable bonds is 7. The molecular weight excluding hydrogens is 366 g/mol. The number of furan rings is 1. The van der Waals surface area contributed by atoms with E-state index < -0.39 is 0 Å². The molecule has 0 spiro atoms. The summed E-state index contributed by atoms with van der Waals surface area (Å²) >= 11 is 0. The Kier molecular flexibility index (Phi) is 5.43. The molecule has 0 amide bonds. The van der Waals surface area contributed by atoms with Gasteiger partial charge in [0.1, 0.15) is 28.6 Å². The van der Waals surface area contributed by atoms with Gasteiger partial charge in [-0.1, -0.05) is 6.07 Å². The molecule has 3 heterocycles. The van der Waals surface area contributed by atoms with Crippen molar-refractivity contribution < 1.29 is 18.7 Å². The molecule has 2 aromatic rings. The van der Waals surface area contributed by atoms with Crippen molar-refractivity contribution >= 4 is 5.78 Å². The summed E-state index contributed by atoms with van der Waals surface area (Å²) < 4.78 is 17.1. The smallest absolute Gasteiger partial charge is 0.171 e. The van der Waals surface area contributed by atoms with Crippen LogP contribution in [-0.4, -0.2) is 44.0 Å². The van der Waals surface area contributed by atoms with Gasteiger partial charge in [0.05, 0.1) is 14.2 Å². The highest BCUT2D eigenvalue weighted by molar-refractivity contribution is 6.01. The van der Waals surface area contributed by atoms with Crippen molar-refractivity contribution in [1.82, 2.24) is 4.90 Å². The molecule has 1 unspecified atom stereocenters. The number of methoxy groups -OCH3 is 2. The molecule has 1 aromatic heterocycles. The van der Waals surface area contributed by atoms with Crippen molar-refractivity contribution in [1.29, 1.82) is 0 Å². The maximum absolute atomic E-state index is 13.6. The molecule has 5 rings (SSSR count). The minimum Gasteiger partial charge on any atom is -0.496 e. The molecule has 29 heavy (non-hydrogen) atoms. The highest BCUT2D eigenvalue weighted by Crippen LogP contribution is 2.52. The lowest BCUT2D eigenvalue weighted by Crippen LogP contribution is -2.59. The minimum atomic E-state index is -0.0377. The Morgan fingerprint density at radius 2 is 1.83 bits per heavy atom. The molecule has 0 radical (unpaired) electrons. The van der Waals surface area contributed by atoms with Gasteiger partial charge in [-0.15, -0.1) is 0 Å². The highest BCUT2D eigenvalue weighted by Gasteiger charge is 2.51. The largest absolute Gasteiger partial charge is 0.496 e. The van der Waals surface area contributed by atoms with E-state index in [1.807, 2.05) is 31.2 Å². The summed E-state index contributed by atoms with van der Waals surface area (Å²) in [5.41, 5.74) is 0.485. The molecule has 3 aliphatic rings. The number of benzene rings is 1. The number of carbonyl (C=O) groups excluding carboxylic acids is 1. The molecule has 2 bridgehead atoms. The number of hydrogen-bond acceptors (Lipinski definition) is 5. The number of likely N-dealkylation sites (N-methyl/N-ethyl adjacent to an activating group) is 1. The quantitative estimate of drug-likeness (QED) is 0.626. The molecule has 1 aromatic carbocycles. The van der Waals surface area contributed by atoms with Crippen LogP contribution in [0.5, 0.6) is 11.5 Å². The maximum atomic E-state index is 13.6. The Morgan fingerprint density at radius 3 is 2.34 bits per heavy atom. The molecule has 2 aliphatic heterocycles. The second kappa shape index (κ2) is 7.86. The second-order valence-electron chi connectivity index (χ2n) is 8.59. The number of ether oxygens (including phenoxy) is 2. The maximum Gasteiger partial charge on any atom is 0.171 e. The normalized spacial score (nSPS) is 25.0. The van der Waals surface area contributed by atoms with Crippen LogP contribution in [-0.2, 0) is 0 Å². The van der Waals surface area contributed by atoms with Crippen LogP contribution in [0.25, 0.3) is 0 Å². The van der Waals surface area contributed by atoms with Gasteiger partial charge >= 0.3 is 0 Å². The summed E-state index contributed by atoms with van der Waals surface area (Å²) in [5.74, 6) is 3.74. The SMILES string of the molecule is COc1cccc(OC)c1C(=O)CC(c1ccc(C)o1)C12CCC(CC1)CN2C. The fraction of sp³-hybridized carbons (Fsp3) is 0.542. The van der Waals surface area contributed by atoms with Crippen LogP contribution in [0.15, 0.2) is 34.7 Å². The Morgan fingerprint density at radius 1 is 1.17 bits per heavy atom. The lowest BCUT2D eigenvalue weighted by Gasteiger charge is -2.56. The van der Waals surface area contributed by atoms with Crippen LogP contribution in [0.1, 0.15) is 59.9 Å². The van der Waals surface area contributed by atoms with Gasteiger partial charge in [0, 0.05) is 24.4 Å². The molecule has 5 nitrogen and oxygen atoms in total. The van der Waals surface area contributed by atoms with Gasteiger partial charge in [0.15, 0.2) is 5.78 Å². The molecule has 2 saturated heterocycles. The van der Waals surface area contributed by atoms with Gasteiger partial charge in [0.25, 0.3) is 0 Å². The molecular formula is C24H31NO4. The third kappa shape index (κ3) is 3.46. The molecule has 1 atom stereocenters. The van der Waals surface area contributed by atoms with Crippen molar-refractivity contribution in [2.45, 2.75) is 50.5 Å². The first-order chi connectivity index (χ1) is 14.0. The average Bonchev–Trinajstić information content (AvgIpc) is 3.17. The molecule has 1 aliphatic carbocycles. The minimum absolute atomic E-state index is 0.00423. The van der Waals surface area contributed by atoms with E-state index in [1.165, 1.54) is 12.8 Å². The van der Waals surface area contributed by atoms with Gasteiger partial charge < -0.3 is 13.9 Å². The first-order valence-corrected chi connectivity index (χ1v) is 10.5. The average molecular weight is 398 g/mol. The first kappa shape index (κ1) is 20.0. The van der Waals surface area contributed by atoms with Crippen LogP contribution in [0.4, 0.5) is 0 Å². The third-order valence-corrected chi connectivity index (χ3v) is 7.11. The van der Waals surface area contributed by atoms with Crippen LogP contribution in [0, 0.1) is 12.8 Å². The van der Waals surface area contributed by atoms with Gasteiger partial charge in [0.2, 0.25) is 0 Å². The predicted octanol–water partition coefficient (Wildman–Crippen LogP) is 4.84. The summed E-state index contributed by atoms with van der Waals surface area (Å²) in [7, 11) is 5.39. The zero-order chi connectivity index (χ0) is 20.6. The molecule has 0 N–H and O–H groups in total. The van der Waals surface area contributed by atoms with Crippen LogP contribution in [0.2, 0.25) is 0 Å². The molecule has 1 saturated carbocycles. The van der Waals surface area contributed by atoms with Crippen molar-refractivity contribution in [3.63, 3.8) is 0 Å². The highest BCUT2D eigenvalue weighted by atomic mass is 16.5. The standard InChI is InChI=1S/C24H31NO4/c1-16-8-9-20(29-16)18(24-12-10-17(11-13-24)15-25(24)2)14-19(26)23-21(27-3)6-5-7-22(23)28-4/h5-9,17-18H,10-15H2,1-4H3. The van der Waals surface area contributed by atoms with Crippen molar-refractivity contribution in [2.24, 2.45) is 5.92 Å². The fourth-order valence-corrected chi connectivity index (χ4v) is 5.53. The Bertz CT molecular complexity index is 857. The number of hydrogen-bond donors (Lipinski definition) is 0. The fourth-order valence-electron chi connectivity index (χ4n) is 5.53. The van der Waals surface area contributed by atoms with E-state index in [9.17, 15) is 4.79 Å². The van der Waals surface area contributed by atoms with Gasteiger partial charge in [-0.25, -0.2) is 0 Å². The van der Waals surface area contributed by atoms with E-state index in [1.54, 1.807) is 14.2 Å². The molecule has 5 heteroatoms. The van der Waals surface area contributed by atoms with Gasteiger partial charge in [-0.3, -0.25) is 9.69 Å². The number of ketones is 1. The second-order valence-corrected chi connectivity index (χ2v) is 8.59. The Balaban J connectivity index is 1.73. The van der Waals surface area contributed by atoms with E-state index in [-0.39, 0.29) is 17.2 Å². The molecule has 3 fully saturated rings. The number of carbonyl (C=O) groups is 1. The van der Waals surface area contributed by atoms with Crippen molar-refractivity contribution in [3.8, 4) is 11.5 Å². The summed E-state index contributed by atoms with van der Waals surface area (Å²) in [4.78, 5) is 16.1. The monoisotopic (exact) mass is 397 g/mol. The van der Waals surface area contributed by atoms with E-state index in [4.69, 9.17) is 13.9 Å².